The molecule has 132 valence electrons. The fourth-order valence-corrected chi connectivity index (χ4v) is 2.82. The van der Waals surface area contributed by atoms with Crippen molar-refractivity contribution in [1.82, 2.24) is 0 Å². The normalized spacial score (nSPS) is 14.4. The molecular weight excluding hydrogens is 321 g/mol. The molecule has 25 heavy (non-hydrogen) atoms. The largest absolute Gasteiger partial charge is 0.461 e. The molecule has 2 aromatic rings. The SMILES string of the molecule is O=C(CCc1ccc(N2CCOCC2)c(F)c1)OCc1ccccc1. The Kier molecular flexibility index (Phi) is 6.01. The van der Waals surface area contributed by atoms with Crippen molar-refractivity contribution in [1.29, 1.82) is 0 Å². The first-order valence-corrected chi connectivity index (χ1v) is 8.53. The lowest BCUT2D eigenvalue weighted by Crippen LogP contribution is -2.36. The fraction of sp³-hybridized carbons (Fsp3) is 0.350. The first-order valence-electron chi connectivity index (χ1n) is 8.53. The lowest BCUT2D eigenvalue weighted by atomic mass is 10.1. The zero-order valence-corrected chi connectivity index (χ0v) is 14.1. The van der Waals surface area contributed by atoms with Crippen LogP contribution in [0, 0.1) is 5.82 Å². The summed E-state index contributed by atoms with van der Waals surface area (Å²) < 4.78 is 24.9. The van der Waals surface area contributed by atoms with Crippen LogP contribution in [0.25, 0.3) is 0 Å². The molecule has 1 heterocycles. The van der Waals surface area contributed by atoms with E-state index >= 15 is 0 Å². The smallest absolute Gasteiger partial charge is 0.306 e. The molecule has 0 aromatic heterocycles. The molecule has 1 saturated heterocycles. The van der Waals surface area contributed by atoms with E-state index in [-0.39, 0.29) is 24.8 Å². The zero-order chi connectivity index (χ0) is 17.5. The summed E-state index contributed by atoms with van der Waals surface area (Å²) in [4.78, 5) is 13.8. The van der Waals surface area contributed by atoms with Crippen LogP contribution in [0.4, 0.5) is 10.1 Å². The molecule has 0 N–H and O–H groups in total. The third-order valence-electron chi connectivity index (χ3n) is 4.22. The number of halogens is 1. The summed E-state index contributed by atoms with van der Waals surface area (Å²) in [6, 6.07) is 14.7. The molecule has 3 rings (SSSR count). The van der Waals surface area contributed by atoms with Gasteiger partial charge in [0.1, 0.15) is 12.4 Å². The number of ether oxygens (including phenoxy) is 2. The van der Waals surface area contributed by atoms with Crippen molar-refractivity contribution in [2.24, 2.45) is 0 Å². The number of esters is 1. The van der Waals surface area contributed by atoms with Gasteiger partial charge in [0.05, 0.1) is 18.9 Å². The van der Waals surface area contributed by atoms with Gasteiger partial charge in [-0.3, -0.25) is 4.79 Å². The monoisotopic (exact) mass is 343 g/mol. The molecule has 5 heteroatoms. The number of rotatable bonds is 6. The summed E-state index contributed by atoms with van der Waals surface area (Å²) in [5, 5.41) is 0. The molecule has 0 bridgehead atoms. The highest BCUT2D eigenvalue weighted by Gasteiger charge is 2.15. The molecular formula is C20H22FNO3. The van der Waals surface area contributed by atoms with Gasteiger partial charge in [0.2, 0.25) is 0 Å². The quantitative estimate of drug-likeness (QED) is 0.754. The minimum absolute atomic E-state index is 0.239. The van der Waals surface area contributed by atoms with Crippen molar-refractivity contribution >= 4 is 11.7 Å². The number of benzene rings is 2. The van der Waals surface area contributed by atoms with Gasteiger partial charge in [-0.2, -0.15) is 0 Å². The lowest BCUT2D eigenvalue weighted by Gasteiger charge is -2.29. The highest BCUT2D eigenvalue weighted by molar-refractivity contribution is 5.69. The van der Waals surface area contributed by atoms with Crippen molar-refractivity contribution in [2.75, 3.05) is 31.2 Å². The number of carbonyl (C=O) groups excluding carboxylic acids is 1. The topological polar surface area (TPSA) is 38.8 Å². The van der Waals surface area contributed by atoms with Gasteiger partial charge in [-0.05, 0) is 29.7 Å². The average molecular weight is 343 g/mol. The van der Waals surface area contributed by atoms with Gasteiger partial charge >= 0.3 is 5.97 Å². The van der Waals surface area contributed by atoms with Crippen LogP contribution in [-0.4, -0.2) is 32.3 Å². The average Bonchev–Trinajstić information content (AvgIpc) is 2.66. The van der Waals surface area contributed by atoms with Crippen molar-refractivity contribution in [3.05, 3.63) is 65.5 Å². The number of morpholine rings is 1. The second-order valence-electron chi connectivity index (χ2n) is 6.03. The number of hydrogen-bond donors (Lipinski definition) is 0. The number of anilines is 1. The molecule has 0 aliphatic carbocycles. The van der Waals surface area contributed by atoms with Crippen LogP contribution >= 0.6 is 0 Å². The first kappa shape index (κ1) is 17.4. The molecule has 1 aliphatic heterocycles. The summed E-state index contributed by atoms with van der Waals surface area (Å²) >= 11 is 0. The first-order chi connectivity index (χ1) is 12.2. The van der Waals surface area contributed by atoms with Crippen molar-refractivity contribution < 1.29 is 18.7 Å². The second-order valence-corrected chi connectivity index (χ2v) is 6.03. The Bertz CT molecular complexity index is 699. The molecule has 0 atom stereocenters. The second kappa shape index (κ2) is 8.62. The summed E-state index contributed by atoms with van der Waals surface area (Å²) in [6.45, 7) is 2.90. The summed E-state index contributed by atoms with van der Waals surface area (Å²) in [6.07, 6.45) is 0.705. The third-order valence-corrected chi connectivity index (χ3v) is 4.22. The van der Waals surface area contributed by atoms with Crippen LogP contribution in [0.1, 0.15) is 17.5 Å². The molecule has 0 amide bonds. The number of carbonyl (C=O) groups is 1. The van der Waals surface area contributed by atoms with Crippen LogP contribution < -0.4 is 4.90 Å². The van der Waals surface area contributed by atoms with Gasteiger partial charge in [-0.25, -0.2) is 4.39 Å². The maximum Gasteiger partial charge on any atom is 0.306 e. The molecule has 1 aliphatic rings. The van der Waals surface area contributed by atoms with E-state index in [2.05, 4.69) is 0 Å². The van der Waals surface area contributed by atoms with E-state index < -0.39 is 0 Å². The Morgan fingerprint density at radius 2 is 1.84 bits per heavy atom. The Hall–Kier alpha value is -2.40. The van der Waals surface area contributed by atoms with Gasteiger partial charge in [0, 0.05) is 19.5 Å². The van der Waals surface area contributed by atoms with Crippen molar-refractivity contribution in [3.8, 4) is 0 Å². The van der Waals surface area contributed by atoms with E-state index in [0.717, 1.165) is 11.1 Å². The Morgan fingerprint density at radius 3 is 2.56 bits per heavy atom. The van der Waals surface area contributed by atoms with Gasteiger partial charge in [-0.15, -0.1) is 0 Å². The molecule has 4 nitrogen and oxygen atoms in total. The van der Waals surface area contributed by atoms with Crippen LogP contribution in [0.5, 0.6) is 0 Å². The maximum atomic E-state index is 14.3. The maximum absolute atomic E-state index is 14.3. The molecule has 0 radical (unpaired) electrons. The van der Waals surface area contributed by atoms with Crippen molar-refractivity contribution in [3.63, 3.8) is 0 Å². The molecule has 0 unspecified atom stereocenters. The van der Waals surface area contributed by atoms with E-state index in [1.54, 1.807) is 6.07 Å². The van der Waals surface area contributed by atoms with Gasteiger partial charge < -0.3 is 14.4 Å². The van der Waals surface area contributed by atoms with E-state index in [1.807, 2.05) is 41.3 Å². The standard InChI is InChI=1S/C20H22FNO3/c21-18-14-16(6-8-19(18)22-10-12-24-13-11-22)7-9-20(23)25-15-17-4-2-1-3-5-17/h1-6,8,14H,7,9-13,15H2. The Balaban J connectivity index is 1.49. The van der Waals surface area contributed by atoms with Crippen LogP contribution in [0.15, 0.2) is 48.5 Å². The van der Waals surface area contributed by atoms with Crippen LogP contribution in [0.3, 0.4) is 0 Å². The number of nitrogens with zero attached hydrogens (tertiary/aromatic N) is 1. The predicted octanol–water partition coefficient (Wildman–Crippen LogP) is 3.34. The summed E-state index contributed by atoms with van der Waals surface area (Å²) in [5.41, 5.74) is 2.35. The highest BCUT2D eigenvalue weighted by atomic mass is 19.1. The number of hydrogen-bond acceptors (Lipinski definition) is 4. The summed E-state index contributed by atoms with van der Waals surface area (Å²) in [7, 11) is 0. The van der Waals surface area contributed by atoms with Gasteiger partial charge in [0.25, 0.3) is 0 Å². The van der Waals surface area contributed by atoms with Crippen LogP contribution in [0.2, 0.25) is 0 Å². The Labute approximate surface area is 147 Å². The fourth-order valence-electron chi connectivity index (χ4n) is 2.82. The van der Waals surface area contributed by atoms with Crippen molar-refractivity contribution in [2.45, 2.75) is 19.4 Å². The van der Waals surface area contributed by atoms with E-state index in [4.69, 9.17) is 9.47 Å². The van der Waals surface area contributed by atoms with E-state index in [1.165, 1.54) is 6.07 Å². The minimum Gasteiger partial charge on any atom is -0.461 e. The molecule has 0 saturated carbocycles. The minimum atomic E-state index is -0.276. The zero-order valence-electron chi connectivity index (χ0n) is 14.1. The Morgan fingerprint density at radius 1 is 1.08 bits per heavy atom. The lowest BCUT2D eigenvalue weighted by molar-refractivity contribution is -0.144. The van der Waals surface area contributed by atoms with E-state index in [0.29, 0.717) is 38.4 Å². The number of aryl methyl sites for hydroxylation is 1. The van der Waals surface area contributed by atoms with Gasteiger partial charge in [0.15, 0.2) is 0 Å². The predicted molar refractivity (Wildman–Crippen MR) is 94.0 cm³/mol. The van der Waals surface area contributed by atoms with E-state index in [9.17, 15) is 9.18 Å². The molecule has 2 aromatic carbocycles. The summed E-state index contributed by atoms with van der Waals surface area (Å²) in [5.74, 6) is -0.529. The van der Waals surface area contributed by atoms with Gasteiger partial charge in [-0.1, -0.05) is 36.4 Å². The molecule has 1 fully saturated rings. The van der Waals surface area contributed by atoms with Crippen LogP contribution in [-0.2, 0) is 27.3 Å². The molecule has 0 spiro atoms. The highest BCUT2D eigenvalue weighted by Crippen LogP contribution is 2.22. The third kappa shape index (κ3) is 5.03.